The summed E-state index contributed by atoms with van der Waals surface area (Å²) >= 11 is 5.65. The molecule has 0 spiro atoms. The number of carbonyl (C=O) groups excluding carboxylic acids is 1. The van der Waals surface area contributed by atoms with Crippen molar-refractivity contribution in [2.45, 2.75) is 38.1 Å². The van der Waals surface area contributed by atoms with Crippen molar-refractivity contribution in [3.8, 4) is 0 Å². The van der Waals surface area contributed by atoms with E-state index in [4.69, 9.17) is 16.0 Å². The summed E-state index contributed by atoms with van der Waals surface area (Å²) in [5.74, 6) is -1.27. The molecule has 0 bridgehead atoms. The minimum absolute atomic E-state index is 0.0943. The molecule has 1 fully saturated rings. The number of halogens is 1. The van der Waals surface area contributed by atoms with Gasteiger partial charge in [0.05, 0.1) is 0 Å². The molecule has 1 aromatic heterocycles. The molecule has 0 radical (unpaired) electrons. The molecule has 104 valence electrons. The number of nitrogens with zero attached hydrogens (tertiary/aromatic N) is 1. The topological polar surface area (TPSA) is 70.8 Å². The van der Waals surface area contributed by atoms with Gasteiger partial charge in [-0.1, -0.05) is 19.3 Å². The number of carboxylic acid groups (broad SMARTS) is 1. The fourth-order valence-electron chi connectivity index (χ4n) is 2.36. The Kier molecular flexibility index (Phi) is 4.47. The first-order valence-corrected chi connectivity index (χ1v) is 6.76. The first-order chi connectivity index (χ1) is 9.09. The Balaban J connectivity index is 2.20. The van der Waals surface area contributed by atoms with E-state index in [0.717, 1.165) is 25.7 Å². The van der Waals surface area contributed by atoms with Crippen LogP contribution in [-0.2, 0) is 4.79 Å². The lowest BCUT2D eigenvalue weighted by Gasteiger charge is -2.30. The Labute approximate surface area is 116 Å². The fourth-order valence-corrected chi connectivity index (χ4v) is 2.50. The van der Waals surface area contributed by atoms with Gasteiger partial charge >= 0.3 is 5.97 Å². The molecule has 2 heterocycles. The summed E-state index contributed by atoms with van der Waals surface area (Å²) in [5.41, 5.74) is 0. The molecule has 1 aliphatic rings. The molecule has 5 nitrogen and oxygen atoms in total. The molecule has 0 aromatic carbocycles. The van der Waals surface area contributed by atoms with Gasteiger partial charge in [0.25, 0.3) is 5.91 Å². The monoisotopic (exact) mass is 285 g/mol. The molecule has 0 aliphatic carbocycles. The summed E-state index contributed by atoms with van der Waals surface area (Å²) in [7, 11) is 0. The predicted octanol–water partition coefficient (Wildman–Crippen LogP) is 2.79. The lowest BCUT2D eigenvalue weighted by molar-refractivity contribution is -0.142. The van der Waals surface area contributed by atoms with Crippen LogP contribution >= 0.6 is 11.6 Å². The van der Waals surface area contributed by atoms with Crippen LogP contribution in [0.5, 0.6) is 0 Å². The highest BCUT2D eigenvalue weighted by molar-refractivity contribution is 6.29. The van der Waals surface area contributed by atoms with Crippen molar-refractivity contribution in [2.75, 3.05) is 6.54 Å². The van der Waals surface area contributed by atoms with Gasteiger partial charge in [0.15, 0.2) is 11.0 Å². The van der Waals surface area contributed by atoms with E-state index in [1.54, 1.807) is 0 Å². The molecule has 1 amide bonds. The van der Waals surface area contributed by atoms with Gasteiger partial charge in [-0.15, -0.1) is 0 Å². The first-order valence-electron chi connectivity index (χ1n) is 6.38. The van der Waals surface area contributed by atoms with Crippen molar-refractivity contribution in [1.82, 2.24) is 4.90 Å². The Hall–Kier alpha value is -1.49. The summed E-state index contributed by atoms with van der Waals surface area (Å²) in [4.78, 5) is 25.0. The molecule has 19 heavy (non-hydrogen) atoms. The van der Waals surface area contributed by atoms with Gasteiger partial charge in [-0.25, -0.2) is 4.79 Å². The first kappa shape index (κ1) is 13.9. The maximum atomic E-state index is 12.3. The van der Waals surface area contributed by atoms with E-state index >= 15 is 0 Å². The average Bonchev–Trinajstić information content (AvgIpc) is 2.74. The molecule has 6 heteroatoms. The van der Waals surface area contributed by atoms with Crippen LogP contribution in [0.1, 0.15) is 42.7 Å². The molecule has 1 aromatic rings. The summed E-state index contributed by atoms with van der Waals surface area (Å²) in [6, 6.07) is 2.17. The highest BCUT2D eigenvalue weighted by atomic mass is 35.5. The third-order valence-electron chi connectivity index (χ3n) is 3.33. The molecule has 1 saturated heterocycles. The summed E-state index contributed by atoms with van der Waals surface area (Å²) in [6.07, 6.45) is 4.13. The van der Waals surface area contributed by atoms with E-state index in [2.05, 4.69) is 0 Å². The van der Waals surface area contributed by atoms with Gasteiger partial charge < -0.3 is 14.4 Å². The predicted molar refractivity (Wildman–Crippen MR) is 69.3 cm³/mol. The molecule has 2 rings (SSSR count). The Bertz CT molecular complexity index is 471. The van der Waals surface area contributed by atoms with E-state index in [1.807, 2.05) is 0 Å². The van der Waals surface area contributed by atoms with Crippen LogP contribution in [-0.4, -0.2) is 34.5 Å². The lowest BCUT2D eigenvalue weighted by atomic mass is 10.0. The van der Waals surface area contributed by atoms with E-state index < -0.39 is 17.9 Å². The maximum Gasteiger partial charge on any atom is 0.326 e. The van der Waals surface area contributed by atoms with Gasteiger partial charge in [-0.2, -0.15) is 0 Å². The minimum atomic E-state index is -0.965. The van der Waals surface area contributed by atoms with Crippen molar-refractivity contribution in [3.05, 3.63) is 23.1 Å². The number of carboxylic acids is 1. The second kappa shape index (κ2) is 6.10. The van der Waals surface area contributed by atoms with Crippen molar-refractivity contribution in [1.29, 1.82) is 0 Å². The Morgan fingerprint density at radius 3 is 2.63 bits per heavy atom. The van der Waals surface area contributed by atoms with E-state index in [0.29, 0.717) is 13.0 Å². The standard InChI is InChI=1S/C13H16ClNO4/c14-11-7-6-10(19-11)12(16)15-8-4-2-1-3-5-9(15)13(17)18/h6-7,9H,1-5,8H2,(H,17,18). The molecule has 1 atom stereocenters. The quantitative estimate of drug-likeness (QED) is 0.907. The number of likely N-dealkylation sites (tertiary alicyclic amines) is 1. The van der Waals surface area contributed by atoms with Crippen LogP contribution in [0.25, 0.3) is 0 Å². The van der Waals surface area contributed by atoms with Gasteiger partial charge in [-0.3, -0.25) is 4.79 Å². The van der Waals surface area contributed by atoms with Gasteiger partial charge in [0.2, 0.25) is 0 Å². The second-order valence-electron chi connectivity index (χ2n) is 4.66. The third-order valence-corrected chi connectivity index (χ3v) is 3.54. The van der Waals surface area contributed by atoms with Crippen LogP contribution in [0.2, 0.25) is 5.22 Å². The number of hydrogen-bond donors (Lipinski definition) is 1. The molecular weight excluding hydrogens is 270 g/mol. The summed E-state index contributed by atoms with van der Waals surface area (Å²) in [6.45, 7) is 0.439. The van der Waals surface area contributed by atoms with Gasteiger partial charge in [0.1, 0.15) is 6.04 Å². The highest BCUT2D eigenvalue weighted by Gasteiger charge is 2.31. The van der Waals surface area contributed by atoms with Crippen molar-refractivity contribution >= 4 is 23.5 Å². The summed E-state index contributed by atoms with van der Waals surface area (Å²) < 4.78 is 5.08. The number of aliphatic carboxylic acids is 1. The molecular formula is C13H16ClNO4. The van der Waals surface area contributed by atoms with Gasteiger partial charge in [0, 0.05) is 6.54 Å². The van der Waals surface area contributed by atoms with Crippen molar-refractivity contribution < 1.29 is 19.1 Å². The number of amides is 1. The normalized spacial score (nSPS) is 20.7. The number of furan rings is 1. The summed E-state index contributed by atoms with van der Waals surface area (Å²) in [5, 5.41) is 9.40. The van der Waals surface area contributed by atoms with E-state index in [1.165, 1.54) is 17.0 Å². The zero-order valence-electron chi connectivity index (χ0n) is 10.5. The van der Waals surface area contributed by atoms with Crippen LogP contribution in [0, 0.1) is 0 Å². The zero-order chi connectivity index (χ0) is 13.8. The van der Waals surface area contributed by atoms with Crippen LogP contribution in [0.4, 0.5) is 0 Å². The molecule has 0 saturated carbocycles. The van der Waals surface area contributed by atoms with Crippen LogP contribution < -0.4 is 0 Å². The fraction of sp³-hybridized carbons (Fsp3) is 0.538. The van der Waals surface area contributed by atoms with Gasteiger partial charge in [-0.05, 0) is 36.6 Å². The largest absolute Gasteiger partial charge is 0.480 e. The average molecular weight is 286 g/mol. The number of hydrogen-bond acceptors (Lipinski definition) is 3. The van der Waals surface area contributed by atoms with E-state index in [-0.39, 0.29) is 11.0 Å². The zero-order valence-corrected chi connectivity index (χ0v) is 11.2. The Morgan fingerprint density at radius 1 is 1.26 bits per heavy atom. The minimum Gasteiger partial charge on any atom is -0.480 e. The van der Waals surface area contributed by atoms with E-state index in [9.17, 15) is 14.7 Å². The molecule has 1 unspecified atom stereocenters. The smallest absolute Gasteiger partial charge is 0.326 e. The number of carbonyl (C=O) groups is 2. The molecule has 1 aliphatic heterocycles. The highest BCUT2D eigenvalue weighted by Crippen LogP contribution is 2.21. The van der Waals surface area contributed by atoms with Crippen molar-refractivity contribution in [2.24, 2.45) is 0 Å². The maximum absolute atomic E-state index is 12.3. The van der Waals surface area contributed by atoms with Crippen LogP contribution in [0.3, 0.4) is 0 Å². The van der Waals surface area contributed by atoms with Crippen LogP contribution in [0.15, 0.2) is 16.5 Å². The second-order valence-corrected chi connectivity index (χ2v) is 5.03. The number of rotatable bonds is 2. The van der Waals surface area contributed by atoms with Crippen molar-refractivity contribution in [3.63, 3.8) is 0 Å². The Morgan fingerprint density at radius 2 is 2.00 bits per heavy atom. The SMILES string of the molecule is O=C(O)C1CCCCCCN1C(=O)c1ccc(Cl)o1. The molecule has 1 N–H and O–H groups in total. The lowest BCUT2D eigenvalue weighted by Crippen LogP contribution is -2.46. The third kappa shape index (κ3) is 3.29.